The van der Waals surface area contributed by atoms with Gasteiger partial charge in [0, 0.05) is 45.4 Å². The monoisotopic (exact) mass is 358 g/mol. The van der Waals surface area contributed by atoms with Gasteiger partial charge in [-0.3, -0.25) is 0 Å². The van der Waals surface area contributed by atoms with E-state index < -0.39 is 0 Å². The van der Waals surface area contributed by atoms with Crippen LogP contribution in [0.15, 0.2) is 28.7 Å². The fourth-order valence-corrected chi connectivity index (χ4v) is 1.27. The molecule has 0 aliphatic heterocycles. The number of ether oxygens (including phenoxy) is 1. The summed E-state index contributed by atoms with van der Waals surface area (Å²) in [6.07, 6.45) is 1.75. The molecule has 0 amide bonds. The minimum absolute atomic E-state index is 0. The summed E-state index contributed by atoms with van der Waals surface area (Å²) in [5.74, 6) is 6.16. The first-order chi connectivity index (χ1) is 7.18. The molecular formula is C13H14BrNbO-. The van der Waals surface area contributed by atoms with Crippen molar-refractivity contribution in [3.63, 3.8) is 0 Å². The molecule has 0 fully saturated rings. The first-order valence-corrected chi connectivity index (χ1v) is 5.65. The number of halogens is 1. The summed E-state index contributed by atoms with van der Waals surface area (Å²) in [4.78, 5) is 0. The summed E-state index contributed by atoms with van der Waals surface area (Å²) in [6, 6.07) is 7.97. The van der Waals surface area contributed by atoms with E-state index in [2.05, 4.69) is 27.8 Å². The van der Waals surface area contributed by atoms with Crippen LogP contribution in [0.25, 0.3) is 0 Å². The number of benzene rings is 1. The van der Waals surface area contributed by atoms with Gasteiger partial charge in [-0.2, -0.15) is 13.8 Å². The predicted molar refractivity (Wildman–Crippen MR) is 66.2 cm³/mol. The first kappa shape index (κ1) is 16.0. The fraction of sp³-hybridized carbons (Fsp3) is 0.308. The van der Waals surface area contributed by atoms with Crippen LogP contribution in [0, 0.1) is 17.9 Å². The van der Waals surface area contributed by atoms with E-state index in [0.29, 0.717) is 6.61 Å². The van der Waals surface area contributed by atoms with Crippen molar-refractivity contribution in [3.05, 3.63) is 40.4 Å². The minimum Gasteiger partial charge on any atom is -0.549 e. The predicted octanol–water partition coefficient (Wildman–Crippen LogP) is 3.78. The molecule has 1 rings (SSSR count). The molecule has 1 radical (unpaired) electrons. The number of hydrogen-bond donors (Lipinski definition) is 0. The third-order valence-corrected chi connectivity index (χ3v) is 2.22. The van der Waals surface area contributed by atoms with Crippen LogP contribution in [0.1, 0.15) is 25.8 Å². The van der Waals surface area contributed by atoms with Crippen molar-refractivity contribution in [3.8, 4) is 11.8 Å². The van der Waals surface area contributed by atoms with E-state index in [4.69, 9.17) is 4.74 Å². The van der Waals surface area contributed by atoms with Crippen molar-refractivity contribution in [1.29, 1.82) is 0 Å². The average molecular weight is 359 g/mol. The van der Waals surface area contributed by atoms with Crippen LogP contribution in [-0.4, -0.2) is 6.61 Å². The van der Waals surface area contributed by atoms with Crippen LogP contribution in [-0.2, 0) is 27.1 Å². The Morgan fingerprint density at radius 1 is 1.25 bits per heavy atom. The smallest absolute Gasteiger partial charge is 0.0298 e. The SMILES string of the molecule is C[C-](C)OCCC#Cc1ccc(Br)cc1.[Nb]. The maximum atomic E-state index is 5.31. The van der Waals surface area contributed by atoms with Crippen LogP contribution in [0.5, 0.6) is 0 Å². The van der Waals surface area contributed by atoms with Gasteiger partial charge in [-0.05, 0) is 24.3 Å². The van der Waals surface area contributed by atoms with E-state index in [1.165, 1.54) is 0 Å². The Morgan fingerprint density at radius 3 is 2.44 bits per heavy atom. The molecule has 0 saturated carbocycles. The molecule has 0 aliphatic rings. The normalized spacial score (nSPS) is 9.25. The quantitative estimate of drug-likeness (QED) is 0.346. The minimum atomic E-state index is 0. The van der Waals surface area contributed by atoms with E-state index in [0.717, 1.165) is 22.6 Å². The molecule has 0 aliphatic carbocycles. The standard InChI is InChI=1S/C13H14BrO.Nb/c1-11(2)15-10-4-3-5-12-6-8-13(14)9-7-12;/h6-9H,4,10H2,1-2H3;/q-1;. The molecule has 0 bridgehead atoms. The van der Waals surface area contributed by atoms with Gasteiger partial charge in [-0.25, -0.2) is 6.10 Å². The Labute approximate surface area is 122 Å². The second-order valence-electron chi connectivity index (χ2n) is 3.32. The van der Waals surface area contributed by atoms with E-state index >= 15 is 0 Å². The van der Waals surface area contributed by atoms with Crippen LogP contribution < -0.4 is 0 Å². The van der Waals surface area contributed by atoms with Crippen molar-refractivity contribution in [1.82, 2.24) is 0 Å². The van der Waals surface area contributed by atoms with Gasteiger partial charge in [0.15, 0.2) is 0 Å². The Kier molecular flexibility index (Phi) is 9.02. The second kappa shape index (κ2) is 9.04. The summed E-state index contributed by atoms with van der Waals surface area (Å²) >= 11 is 3.38. The van der Waals surface area contributed by atoms with Crippen molar-refractivity contribution in [2.75, 3.05) is 6.61 Å². The zero-order valence-electron chi connectivity index (χ0n) is 9.46. The van der Waals surface area contributed by atoms with Crippen molar-refractivity contribution in [2.45, 2.75) is 20.3 Å². The second-order valence-corrected chi connectivity index (χ2v) is 4.23. The summed E-state index contributed by atoms with van der Waals surface area (Å²) in [7, 11) is 0. The van der Waals surface area contributed by atoms with Crippen LogP contribution in [0.2, 0.25) is 0 Å². The molecule has 0 spiro atoms. The molecule has 0 unspecified atom stereocenters. The van der Waals surface area contributed by atoms with Crippen molar-refractivity contribution in [2.24, 2.45) is 0 Å². The molecule has 0 saturated heterocycles. The summed E-state index contributed by atoms with van der Waals surface area (Å²) in [5.41, 5.74) is 1.04. The Balaban J connectivity index is 0.00000225. The Bertz CT molecular complexity index is 348. The third kappa shape index (κ3) is 7.27. The summed E-state index contributed by atoms with van der Waals surface area (Å²) in [6.45, 7) is 4.57. The molecular weight excluding hydrogens is 345 g/mol. The molecule has 0 atom stereocenters. The summed E-state index contributed by atoms with van der Waals surface area (Å²) in [5, 5.41) is 0. The molecule has 0 heterocycles. The van der Waals surface area contributed by atoms with Gasteiger partial charge in [-0.1, -0.05) is 27.8 Å². The Morgan fingerprint density at radius 2 is 1.88 bits per heavy atom. The largest absolute Gasteiger partial charge is 0.549 e. The van der Waals surface area contributed by atoms with Gasteiger partial charge in [0.25, 0.3) is 0 Å². The molecule has 1 nitrogen and oxygen atoms in total. The molecule has 0 N–H and O–H groups in total. The van der Waals surface area contributed by atoms with E-state index in [-0.39, 0.29) is 22.4 Å². The van der Waals surface area contributed by atoms with Gasteiger partial charge in [-0.15, -0.1) is 0 Å². The van der Waals surface area contributed by atoms with Crippen molar-refractivity contribution >= 4 is 15.9 Å². The van der Waals surface area contributed by atoms with Crippen molar-refractivity contribution < 1.29 is 27.1 Å². The molecule has 1 aromatic carbocycles. The zero-order valence-corrected chi connectivity index (χ0v) is 13.2. The maximum absolute atomic E-state index is 5.31. The fourth-order valence-electron chi connectivity index (χ4n) is 1.00. The molecule has 1 aromatic rings. The van der Waals surface area contributed by atoms with E-state index in [9.17, 15) is 0 Å². The van der Waals surface area contributed by atoms with Gasteiger partial charge in [0.1, 0.15) is 0 Å². The topological polar surface area (TPSA) is 9.23 Å². The zero-order chi connectivity index (χ0) is 11.1. The van der Waals surface area contributed by atoms with Crippen LogP contribution in [0.4, 0.5) is 0 Å². The van der Waals surface area contributed by atoms with E-state index in [1.54, 1.807) is 0 Å². The number of hydrogen-bond acceptors (Lipinski definition) is 1. The van der Waals surface area contributed by atoms with E-state index in [1.807, 2.05) is 38.1 Å². The molecule has 85 valence electrons. The maximum Gasteiger partial charge on any atom is 0.0298 e. The van der Waals surface area contributed by atoms with Crippen LogP contribution >= 0.6 is 15.9 Å². The van der Waals surface area contributed by atoms with Gasteiger partial charge >= 0.3 is 0 Å². The molecule has 0 aromatic heterocycles. The summed E-state index contributed by atoms with van der Waals surface area (Å²) < 4.78 is 6.38. The first-order valence-electron chi connectivity index (χ1n) is 4.86. The van der Waals surface area contributed by atoms with Crippen LogP contribution in [0.3, 0.4) is 0 Å². The third-order valence-electron chi connectivity index (χ3n) is 1.69. The number of rotatable bonds is 3. The van der Waals surface area contributed by atoms with Gasteiger partial charge in [0.05, 0.1) is 0 Å². The van der Waals surface area contributed by atoms with Gasteiger partial charge < -0.3 is 4.74 Å². The Hall–Kier alpha value is -0.0397. The van der Waals surface area contributed by atoms with Gasteiger partial charge in [0.2, 0.25) is 0 Å². The molecule has 16 heavy (non-hydrogen) atoms. The average Bonchev–Trinajstić information content (AvgIpc) is 2.20. The molecule has 3 heteroatoms.